The molecule has 0 amide bonds. The van der Waals surface area contributed by atoms with Crippen molar-refractivity contribution in [1.29, 1.82) is 0 Å². The number of isocyanates is 1. The average molecular weight is 208 g/mol. The number of rotatable bonds is 2. The molecule has 0 saturated heterocycles. The molecule has 0 aromatic heterocycles. The van der Waals surface area contributed by atoms with Gasteiger partial charge in [0.25, 0.3) is 0 Å². The summed E-state index contributed by atoms with van der Waals surface area (Å²) in [5, 5.41) is 0. The van der Waals surface area contributed by atoms with Gasteiger partial charge in [-0.1, -0.05) is 0 Å². The van der Waals surface area contributed by atoms with Crippen LogP contribution in [0.1, 0.15) is 27.7 Å². The third-order valence-corrected chi connectivity index (χ3v) is 0.728. The average Bonchev–Trinajstić information content (AvgIpc) is 1.83. The Hall–Kier alpha value is -0.860. The summed E-state index contributed by atoms with van der Waals surface area (Å²) >= 11 is 4.81. The number of halogens is 1. The Morgan fingerprint density at radius 3 is 1.85 bits per heavy atom. The van der Waals surface area contributed by atoms with Crippen LogP contribution in [-0.2, 0) is 9.53 Å². The van der Waals surface area contributed by atoms with Crippen LogP contribution in [0.25, 0.3) is 0 Å². The zero-order chi connectivity index (χ0) is 10.9. The number of hydrogen-bond donors (Lipinski definition) is 0. The second kappa shape index (κ2) is 9.23. The molecule has 0 spiro atoms. The summed E-state index contributed by atoms with van der Waals surface area (Å²) in [4.78, 5) is 22.4. The maximum atomic E-state index is 9.80. The molecule has 0 aliphatic carbocycles. The van der Waals surface area contributed by atoms with Crippen molar-refractivity contribution in [2.75, 3.05) is 0 Å². The largest absolute Gasteiger partial charge is 0.451 e. The minimum Gasteiger partial charge on any atom is -0.451 e. The lowest BCUT2D eigenvalue weighted by Gasteiger charge is -2.00. The molecule has 0 aliphatic heterocycles. The molecule has 0 N–H and O–H groups in total. The van der Waals surface area contributed by atoms with Crippen LogP contribution in [0.15, 0.2) is 4.99 Å². The first-order valence-corrected chi connectivity index (χ1v) is 4.21. The van der Waals surface area contributed by atoms with Gasteiger partial charge in [-0.2, -0.15) is 0 Å². The van der Waals surface area contributed by atoms with Gasteiger partial charge in [0.05, 0.1) is 12.1 Å². The molecule has 0 radical (unpaired) electrons. The lowest BCUT2D eigenvalue weighted by Crippen LogP contribution is -2.03. The molecular weight excluding hydrogens is 194 g/mol. The van der Waals surface area contributed by atoms with Gasteiger partial charge in [0.15, 0.2) is 0 Å². The molecule has 0 aromatic rings. The lowest BCUT2D eigenvalue weighted by atomic mass is 10.4. The molecule has 0 aliphatic rings. The highest BCUT2D eigenvalue weighted by molar-refractivity contribution is 6.61. The monoisotopic (exact) mass is 207 g/mol. The predicted octanol–water partition coefficient (Wildman–Crippen LogP) is 2.50. The summed E-state index contributed by atoms with van der Waals surface area (Å²) < 4.78 is 4.38. The molecule has 76 valence electrons. The maximum Gasteiger partial charge on any atom is 0.404 e. The van der Waals surface area contributed by atoms with E-state index in [9.17, 15) is 9.59 Å². The Bertz CT molecular complexity index is 186. The number of hydrogen-bond acceptors (Lipinski definition) is 4. The van der Waals surface area contributed by atoms with Gasteiger partial charge < -0.3 is 4.74 Å². The van der Waals surface area contributed by atoms with Gasteiger partial charge in [-0.25, -0.2) is 14.6 Å². The van der Waals surface area contributed by atoms with Crippen LogP contribution in [-0.4, -0.2) is 23.7 Å². The van der Waals surface area contributed by atoms with Crippen LogP contribution < -0.4 is 0 Å². The van der Waals surface area contributed by atoms with E-state index in [0.717, 1.165) is 0 Å². The van der Waals surface area contributed by atoms with E-state index >= 15 is 0 Å². The van der Waals surface area contributed by atoms with Gasteiger partial charge in [0.1, 0.15) is 0 Å². The highest BCUT2D eigenvalue weighted by Gasteiger charge is 1.96. The second-order valence-electron chi connectivity index (χ2n) is 2.72. The van der Waals surface area contributed by atoms with E-state index < -0.39 is 5.43 Å². The first-order chi connectivity index (χ1) is 5.90. The van der Waals surface area contributed by atoms with Crippen LogP contribution >= 0.6 is 11.6 Å². The number of aliphatic imine (C=N–C) groups is 1. The molecule has 0 bridgehead atoms. The first-order valence-electron chi connectivity index (χ1n) is 3.83. The fourth-order valence-electron chi connectivity index (χ4n) is 0.291. The van der Waals surface area contributed by atoms with Crippen molar-refractivity contribution in [2.24, 2.45) is 4.99 Å². The molecule has 0 saturated carbocycles. The smallest absolute Gasteiger partial charge is 0.404 e. The Morgan fingerprint density at radius 1 is 1.38 bits per heavy atom. The van der Waals surface area contributed by atoms with E-state index in [2.05, 4.69) is 9.73 Å². The van der Waals surface area contributed by atoms with Crippen molar-refractivity contribution < 1.29 is 14.3 Å². The summed E-state index contributed by atoms with van der Waals surface area (Å²) in [5.74, 6) is 0. The standard InChI is InChI=1S/C4H7ClO2.C4H7NO/c1-3(2)7-4(5)6;1-4(2)5-3-6/h3H,1-2H3;4H,1-2H3. The summed E-state index contributed by atoms with van der Waals surface area (Å²) in [6.07, 6.45) is 1.34. The Balaban J connectivity index is 0. The number of nitrogens with zero attached hydrogens (tertiary/aromatic N) is 1. The molecular formula is C8H14ClNO3. The van der Waals surface area contributed by atoms with Crippen molar-refractivity contribution in [2.45, 2.75) is 39.8 Å². The van der Waals surface area contributed by atoms with E-state index in [1.807, 2.05) is 13.8 Å². The van der Waals surface area contributed by atoms with Gasteiger partial charge in [0.2, 0.25) is 6.08 Å². The van der Waals surface area contributed by atoms with Crippen molar-refractivity contribution in [3.63, 3.8) is 0 Å². The Morgan fingerprint density at radius 2 is 1.85 bits per heavy atom. The van der Waals surface area contributed by atoms with Crippen LogP contribution in [0.2, 0.25) is 0 Å². The van der Waals surface area contributed by atoms with E-state index in [1.165, 1.54) is 6.08 Å². The van der Waals surface area contributed by atoms with E-state index in [-0.39, 0.29) is 12.1 Å². The highest BCUT2D eigenvalue weighted by Crippen LogP contribution is 1.92. The minimum atomic E-state index is -0.741. The Labute approximate surface area is 82.9 Å². The molecule has 0 fully saturated rings. The molecule has 5 heteroatoms. The van der Waals surface area contributed by atoms with Crippen molar-refractivity contribution in [3.05, 3.63) is 0 Å². The number of ether oxygens (including phenoxy) is 1. The SMILES string of the molecule is CC(C)N=C=O.CC(C)OC(=O)Cl. The molecule has 0 atom stereocenters. The van der Waals surface area contributed by atoms with E-state index in [4.69, 9.17) is 11.6 Å². The Kier molecular flexibility index (Phi) is 10.4. The summed E-state index contributed by atoms with van der Waals surface area (Å²) in [5.41, 5.74) is -0.741. The fourth-order valence-corrected chi connectivity index (χ4v) is 0.469. The van der Waals surface area contributed by atoms with Gasteiger partial charge >= 0.3 is 5.43 Å². The van der Waals surface area contributed by atoms with Crippen LogP contribution in [0.3, 0.4) is 0 Å². The predicted molar refractivity (Wildman–Crippen MR) is 50.7 cm³/mol. The van der Waals surface area contributed by atoms with Gasteiger partial charge in [-0.3, -0.25) is 0 Å². The van der Waals surface area contributed by atoms with Crippen molar-refractivity contribution >= 4 is 23.1 Å². The van der Waals surface area contributed by atoms with Crippen molar-refractivity contribution in [1.82, 2.24) is 0 Å². The molecule has 0 heterocycles. The van der Waals surface area contributed by atoms with Crippen molar-refractivity contribution in [3.8, 4) is 0 Å². The maximum absolute atomic E-state index is 9.80. The minimum absolute atomic E-state index is 0.0995. The van der Waals surface area contributed by atoms with E-state index in [0.29, 0.717) is 0 Å². The summed E-state index contributed by atoms with van der Waals surface area (Å²) in [6.45, 7) is 7.12. The molecule has 13 heavy (non-hydrogen) atoms. The van der Waals surface area contributed by atoms with E-state index in [1.54, 1.807) is 13.8 Å². The molecule has 4 nitrogen and oxygen atoms in total. The fraction of sp³-hybridized carbons (Fsp3) is 0.750. The summed E-state index contributed by atoms with van der Waals surface area (Å²) in [7, 11) is 0. The quantitative estimate of drug-likeness (QED) is 0.397. The third-order valence-electron chi connectivity index (χ3n) is 0.639. The van der Waals surface area contributed by atoms with Gasteiger partial charge in [-0.05, 0) is 27.7 Å². The molecule has 0 unspecified atom stereocenters. The van der Waals surface area contributed by atoms with Crippen LogP contribution in [0.5, 0.6) is 0 Å². The third kappa shape index (κ3) is 24.7. The lowest BCUT2D eigenvalue weighted by molar-refractivity contribution is 0.141. The molecule has 0 aromatic carbocycles. The summed E-state index contributed by atoms with van der Waals surface area (Å²) in [6, 6.07) is 0.0995. The topological polar surface area (TPSA) is 55.7 Å². The zero-order valence-electron chi connectivity index (χ0n) is 8.20. The first kappa shape index (κ1) is 14.7. The number of carbonyl (C=O) groups excluding carboxylic acids is 2. The zero-order valence-corrected chi connectivity index (χ0v) is 8.96. The second-order valence-corrected chi connectivity index (χ2v) is 3.03. The van der Waals surface area contributed by atoms with Crippen LogP contribution in [0, 0.1) is 0 Å². The van der Waals surface area contributed by atoms with Crippen LogP contribution in [0.4, 0.5) is 4.79 Å². The number of carbonyl (C=O) groups is 1. The van der Waals surface area contributed by atoms with Gasteiger partial charge in [0, 0.05) is 11.6 Å². The van der Waals surface area contributed by atoms with Gasteiger partial charge in [-0.15, -0.1) is 0 Å². The molecule has 0 rings (SSSR count). The highest BCUT2D eigenvalue weighted by atomic mass is 35.5. The normalized spacial score (nSPS) is 8.54.